The number of nitrogen functional groups attached to an aromatic ring is 1. The van der Waals surface area contributed by atoms with Crippen LogP contribution in [-0.4, -0.2) is 11.7 Å². The molecule has 0 fully saturated rings. The van der Waals surface area contributed by atoms with Crippen LogP contribution in [0.4, 0.5) is 11.4 Å². The third-order valence-corrected chi connectivity index (χ3v) is 2.71. The van der Waals surface area contributed by atoms with Crippen molar-refractivity contribution in [3.05, 3.63) is 18.2 Å². The molecule has 0 saturated heterocycles. The molecule has 5 heteroatoms. The Morgan fingerprint density at radius 1 is 1.46 bits per heavy atom. The first-order chi connectivity index (χ1) is 5.75. The van der Waals surface area contributed by atoms with Crippen LogP contribution in [0.3, 0.4) is 0 Å². The van der Waals surface area contributed by atoms with E-state index in [1.165, 1.54) is 11.8 Å². The van der Waals surface area contributed by atoms with Gasteiger partial charge in [0, 0.05) is 10.6 Å². The molecule has 0 aliphatic carbocycles. The van der Waals surface area contributed by atoms with Crippen LogP contribution in [-0.2, 0) is 4.79 Å². The summed E-state index contributed by atoms with van der Waals surface area (Å²) < 4.78 is 0. The third kappa shape index (κ3) is 2.08. The largest absolute Gasteiger partial charge is 0.399 e. The number of halogens is 1. The van der Waals surface area contributed by atoms with Crippen molar-refractivity contribution < 1.29 is 4.79 Å². The van der Waals surface area contributed by atoms with E-state index in [1.807, 2.05) is 12.1 Å². The second kappa shape index (κ2) is 3.89. The van der Waals surface area contributed by atoms with E-state index in [4.69, 9.17) is 5.73 Å². The minimum Gasteiger partial charge on any atom is -0.399 e. The monoisotopic (exact) mass is 216 g/mol. The van der Waals surface area contributed by atoms with Crippen LogP contribution in [0, 0.1) is 0 Å². The maximum atomic E-state index is 11.0. The average molecular weight is 217 g/mol. The molecule has 3 nitrogen and oxygen atoms in total. The number of carbonyl (C=O) groups is 1. The number of hydrogen-bond donors (Lipinski definition) is 2. The maximum Gasteiger partial charge on any atom is 0.234 e. The molecular weight excluding hydrogens is 208 g/mol. The van der Waals surface area contributed by atoms with Crippen LogP contribution in [0.5, 0.6) is 0 Å². The van der Waals surface area contributed by atoms with Gasteiger partial charge in [-0.2, -0.15) is 0 Å². The Morgan fingerprint density at radius 3 is 3.00 bits per heavy atom. The van der Waals surface area contributed by atoms with Crippen LogP contribution in [0.2, 0.25) is 0 Å². The fourth-order valence-corrected chi connectivity index (χ4v) is 1.89. The summed E-state index contributed by atoms with van der Waals surface area (Å²) in [4.78, 5) is 12.1. The highest BCUT2D eigenvalue weighted by Gasteiger charge is 2.14. The minimum absolute atomic E-state index is 0. The van der Waals surface area contributed by atoms with Gasteiger partial charge in [0.1, 0.15) is 0 Å². The van der Waals surface area contributed by atoms with E-state index in [2.05, 4.69) is 5.32 Å². The van der Waals surface area contributed by atoms with Crippen LogP contribution < -0.4 is 11.1 Å². The van der Waals surface area contributed by atoms with Crippen molar-refractivity contribution in [2.24, 2.45) is 0 Å². The number of amides is 1. The Hall–Kier alpha value is -0.870. The number of fused-ring (bicyclic) bond motifs is 1. The predicted molar refractivity (Wildman–Crippen MR) is 57.5 cm³/mol. The minimum atomic E-state index is 0. The third-order valence-electron chi connectivity index (χ3n) is 1.64. The fourth-order valence-electron chi connectivity index (χ4n) is 1.10. The highest BCUT2D eigenvalue weighted by molar-refractivity contribution is 8.00. The molecule has 0 saturated carbocycles. The first-order valence-electron chi connectivity index (χ1n) is 3.58. The van der Waals surface area contributed by atoms with E-state index < -0.39 is 0 Å². The molecule has 1 aromatic carbocycles. The molecule has 70 valence electrons. The lowest BCUT2D eigenvalue weighted by Crippen LogP contribution is -2.18. The Bertz CT molecular complexity index is 343. The molecule has 0 bridgehead atoms. The number of hydrogen-bond acceptors (Lipinski definition) is 3. The zero-order chi connectivity index (χ0) is 8.55. The summed E-state index contributed by atoms with van der Waals surface area (Å²) in [6.45, 7) is 0. The topological polar surface area (TPSA) is 55.1 Å². The summed E-state index contributed by atoms with van der Waals surface area (Å²) in [5.41, 5.74) is 7.07. The molecule has 1 aliphatic heterocycles. The molecule has 1 amide bonds. The second-order valence-electron chi connectivity index (χ2n) is 2.59. The molecule has 0 aromatic heterocycles. The second-order valence-corrected chi connectivity index (χ2v) is 3.61. The van der Waals surface area contributed by atoms with Gasteiger partial charge in [0.25, 0.3) is 0 Å². The van der Waals surface area contributed by atoms with Gasteiger partial charge in [0.15, 0.2) is 0 Å². The molecule has 13 heavy (non-hydrogen) atoms. The summed E-state index contributed by atoms with van der Waals surface area (Å²) in [6.07, 6.45) is 0. The molecule has 2 rings (SSSR count). The van der Waals surface area contributed by atoms with E-state index in [-0.39, 0.29) is 18.3 Å². The standard InChI is InChI=1S/C8H8N2OS.ClH/c9-5-1-2-7-6(3-5)10-8(11)4-12-7;/h1-3H,4,9H2,(H,10,11);1H. The zero-order valence-corrected chi connectivity index (χ0v) is 8.37. The van der Waals surface area contributed by atoms with Gasteiger partial charge in [-0.3, -0.25) is 4.79 Å². The maximum absolute atomic E-state index is 11.0. The van der Waals surface area contributed by atoms with Gasteiger partial charge in [-0.05, 0) is 18.2 Å². The predicted octanol–water partition coefficient (Wildman–Crippen LogP) is 1.73. The molecule has 0 atom stereocenters. The molecule has 1 aromatic rings. The molecular formula is C8H9ClN2OS. The quantitative estimate of drug-likeness (QED) is 0.650. The van der Waals surface area contributed by atoms with E-state index in [1.54, 1.807) is 6.07 Å². The van der Waals surface area contributed by atoms with Crippen LogP contribution >= 0.6 is 24.2 Å². The highest BCUT2D eigenvalue weighted by Crippen LogP contribution is 2.32. The van der Waals surface area contributed by atoms with Crippen LogP contribution in [0.1, 0.15) is 0 Å². The molecule has 3 N–H and O–H groups in total. The Morgan fingerprint density at radius 2 is 2.23 bits per heavy atom. The summed E-state index contributed by atoms with van der Waals surface area (Å²) in [7, 11) is 0. The fraction of sp³-hybridized carbons (Fsp3) is 0.125. The van der Waals surface area contributed by atoms with Crippen molar-refractivity contribution in [1.29, 1.82) is 0 Å². The van der Waals surface area contributed by atoms with Gasteiger partial charge in [-0.1, -0.05) is 0 Å². The van der Waals surface area contributed by atoms with Gasteiger partial charge in [0.05, 0.1) is 11.4 Å². The number of thioether (sulfide) groups is 1. The van der Waals surface area contributed by atoms with Gasteiger partial charge < -0.3 is 11.1 Å². The zero-order valence-electron chi connectivity index (χ0n) is 6.74. The van der Waals surface area contributed by atoms with E-state index in [0.29, 0.717) is 11.4 Å². The Kier molecular flexibility index (Phi) is 3.06. The van der Waals surface area contributed by atoms with Gasteiger partial charge >= 0.3 is 0 Å². The molecule has 1 aliphatic rings. The van der Waals surface area contributed by atoms with Crippen LogP contribution in [0.15, 0.2) is 23.1 Å². The smallest absolute Gasteiger partial charge is 0.234 e. The van der Waals surface area contributed by atoms with Crippen molar-refractivity contribution in [2.45, 2.75) is 4.90 Å². The van der Waals surface area contributed by atoms with E-state index in [9.17, 15) is 4.79 Å². The summed E-state index contributed by atoms with van der Waals surface area (Å²) >= 11 is 1.54. The van der Waals surface area contributed by atoms with Gasteiger partial charge in [-0.15, -0.1) is 24.2 Å². The van der Waals surface area contributed by atoms with Crippen LogP contribution in [0.25, 0.3) is 0 Å². The Labute approximate surface area is 86.5 Å². The number of anilines is 2. The first-order valence-corrected chi connectivity index (χ1v) is 4.56. The lowest BCUT2D eigenvalue weighted by molar-refractivity contribution is -0.113. The van der Waals surface area contributed by atoms with E-state index in [0.717, 1.165) is 10.6 Å². The highest BCUT2D eigenvalue weighted by atomic mass is 35.5. The van der Waals surface area contributed by atoms with Gasteiger partial charge in [0.2, 0.25) is 5.91 Å². The average Bonchev–Trinajstić information content (AvgIpc) is 2.03. The number of benzene rings is 1. The number of carbonyl (C=O) groups excluding carboxylic acids is 1. The number of rotatable bonds is 0. The molecule has 0 spiro atoms. The SMILES string of the molecule is Cl.Nc1ccc2c(c1)NC(=O)CS2. The summed E-state index contributed by atoms with van der Waals surface area (Å²) in [5, 5.41) is 2.76. The lowest BCUT2D eigenvalue weighted by atomic mass is 10.3. The van der Waals surface area contributed by atoms with Crippen molar-refractivity contribution >= 4 is 41.5 Å². The number of nitrogens with two attached hydrogens (primary N) is 1. The van der Waals surface area contributed by atoms with Crippen molar-refractivity contribution in [1.82, 2.24) is 0 Å². The number of nitrogens with one attached hydrogen (secondary N) is 1. The van der Waals surface area contributed by atoms with Crippen molar-refractivity contribution in [2.75, 3.05) is 16.8 Å². The van der Waals surface area contributed by atoms with Crippen molar-refractivity contribution in [3.63, 3.8) is 0 Å². The van der Waals surface area contributed by atoms with Gasteiger partial charge in [-0.25, -0.2) is 0 Å². The molecule has 1 heterocycles. The normalized spacial score (nSPS) is 14.0. The van der Waals surface area contributed by atoms with E-state index >= 15 is 0 Å². The summed E-state index contributed by atoms with van der Waals surface area (Å²) in [5.74, 6) is 0.537. The Balaban J connectivity index is 0.000000845. The lowest BCUT2D eigenvalue weighted by Gasteiger charge is -2.15. The molecule has 0 radical (unpaired) electrons. The summed E-state index contributed by atoms with van der Waals surface area (Å²) in [6, 6.07) is 5.54. The molecule has 0 unspecified atom stereocenters. The first kappa shape index (κ1) is 10.2. The van der Waals surface area contributed by atoms with Crippen molar-refractivity contribution in [3.8, 4) is 0 Å².